The topological polar surface area (TPSA) is 43.4 Å². The highest BCUT2D eigenvalue weighted by Gasteiger charge is 2.04. The van der Waals surface area contributed by atoms with E-state index in [1.165, 1.54) is 0 Å². The van der Waals surface area contributed by atoms with Crippen molar-refractivity contribution in [2.45, 2.75) is 26.7 Å². The van der Waals surface area contributed by atoms with E-state index < -0.39 is 0 Å². The van der Waals surface area contributed by atoms with E-state index in [1.54, 1.807) is 31.2 Å². The largest absolute Gasteiger partial charge is 0.458 e. The lowest BCUT2D eigenvalue weighted by atomic mass is 10.1. The third kappa shape index (κ3) is 6.14. The van der Waals surface area contributed by atoms with Crippen LogP contribution >= 0.6 is 0 Å². The van der Waals surface area contributed by atoms with Gasteiger partial charge in [-0.05, 0) is 50.5 Å². The highest BCUT2D eigenvalue weighted by atomic mass is 16.5. The summed E-state index contributed by atoms with van der Waals surface area (Å²) in [4.78, 5) is 22.1. The van der Waals surface area contributed by atoms with Crippen LogP contribution in [0.3, 0.4) is 0 Å². The van der Waals surface area contributed by atoms with Gasteiger partial charge in [-0.2, -0.15) is 0 Å². The molecule has 0 radical (unpaired) electrons. The maximum atomic E-state index is 11.7. The third-order valence-corrected chi connectivity index (χ3v) is 2.85. The number of ether oxygens (including phenoxy) is 1. The Morgan fingerprint density at radius 2 is 1.85 bits per heavy atom. The SMILES string of the molecule is C/C(C=O)=C\CC/C(C)=C/COC(=O)c1ccccc1. The molecule has 0 heterocycles. The van der Waals surface area contributed by atoms with Crippen molar-refractivity contribution in [1.29, 1.82) is 0 Å². The van der Waals surface area contributed by atoms with Crippen LogP contribution in [0.4, 0.5) is 0 Å². The Bertz CT molecular complexity index is 498. The van der Waals surface area contributed by atoms with Crippen molar-refractivity contribution >= 4 is 12.3 Å². The van der Waals surface area contributed by atoms with Gasteiger partial charge in [0, 0.05) is 0 Å². The number of hydrogen-bond acceptors (Lipinski definition) is 3. The molecule has 3 heteroatoms. The number of rotatable bonds is 7. The number of carbonyl (C=O) groups excluding carboxylic acids is 2. The summed E-state index contributed by atoms with van der Waals surface area (Å²) >= 11 is 0. The Morgan fingerprint density at radius 1 is 1.15 bits per heavy atom. The van der Waals surface area contributed by atoms with Gasteiger partial charge in [0.2, 0.25) is 0 Å². The molecule has 106 valence electrons. The standard InChI is InChI=1S/C17H20O3/c1-14(7-6-8-15(2)13-18)11-12-20-17(19)16-9-4-3-5-10-16/h3-5,8-11,13H,6-7,12H2,1-2H3/b14-11+,15-8+. The van der Waals surface area contributed by atoms with Crippen LogP contribution in [0.1, 0.15) is 37.0 Å². The molecule has 0 saturated heterocycles. The Labute approximate surface area is 120 Å². The number of allylic oxidation sites excluding steroid dienone is 3. The van der Waals surface area contributed by atoms with Gasteiger partial charge in [0.05, 0.1) is 5.56 Å². The van der Waals surface area contributed by atoms with Crippen LogP contribution in [-0.4, -0.2) is 18.9 Å². The molecule has 0 aliphatic rings. The van der Waals surface area contributed by atoms with E-state index in [0.29, 0.717) is 5.56 Å². The molecule has 0 aromatic heterocycles. The van der Waals surface area contributed by atoms with Gasteiger partial charge in [0.25, 0.3) is 0 Å². The van der Waals surface area contributed by atoms with E-state index >= 15 is 0 Å². The second kappa shape index (κ2) is 8.86. The zero-order valence-electron chi connectivity index (χ0n) is 12.0. The van der Waals surface area contributed by atoms with Crippen molar-refractivity contribution in [3.05, 3.63) is 59.2 Å². The van der Waals surface area contributed by atoms with Gasteiger partial charge in [-0.3, -0.25) is 4.79 Å². The average Bonchev–Trinajstić information content (AvgIpc) is 2.47. The lowest BCUT2D eigenvalue weighted by molar-refractivity contribution is -0.104. The summed E-state index contributed by atoms with van der Waals surface area (Å²) in [6.45, 7) is 4.05. The summed E-state index contributed by atoms with van der Waals surface area (Å²) in [7, 11) is 0. The zero-order valence-corrected chi connectivity index (χ0v) is 12.0. The number of aldehydes is 1. The Balaban J connectivity index is 2.33. The average molecular weight is 272 g/mol. The molecule has 0 saturated carbocycles. The van der Waals surface area contributed by atoms with Gasteiger partial charge in [0.1, 0.15) is 12.9 Å². The molecular weight excluding hydrogens is 252 g/mol. The molecule has 0 N–H and O–H groups in total. The van der Waals surface area contributed by atoms with E-state index in [4.69, 9.17) is 4.74 Å². The van der Waals surface area contributed by atoms with Crippen LogP contribution in [0.5, 0.6) is 0 Å². The van der Waals surface area contributed by atoms with Crippen molar-refractivity contribution < 1.29 is 14.3 Å². The second-order valence-electron chi connectivity index (χ2n) is 4.62. The molecule has 0 bridgehead atoms. The van der Waals surface area contributed by atoms with Crippen LogP contribution in [-0.2, 0) is 9.53 Å². The molecular formula is C17H20O3. The minimum atomic E-state index is -0.314. The first-order chi connectivity index (χ1) is 9.63. The Hall–Kier alpha value is -2.16. The molecule has 0 amide bonds. The van der Waals surface area contributed by atoms with Crippen molar-refractivity contribution in [2.24, 2.45) is 0 Å². The summed E-state index contributed by atoms with van der Waals surface area (Å²) in [6.07, 6.45) is 6.32. The van der Waals surface area contributed by atoms with Crippen molar-refractivity contribution in [3.8, 4) is 0 Å². The molecule has 0 unspecified atom stereocenters. The van der Waals surface area contributed by atoms with E-state index in [2.05, 4.69) is 0 Å². The minimum absolute atomic E-state index is 0.274. The summed E-state index contributed by atoms with van der Waals surface area (Å²) in [5.41, 5.74) is 2.44. The molecule has 1 aromatic rings. The van der Waals surface area contributed by atoms with Crippen LogP contribution in [0.15, 0.2) is 53.6 Å². The summed E-state index contributed by atoms with van der Waals surface area (Å²) in [5, 5.41) is 0. The highest BCUT2D eigenvalue weighted by Crippen LogP contribution is 2.07. The van der Waals surface area contributed by atoms with Gasteiger partial charge in [-0.25, -0.2) is 4.79 Å². The minimum Gasteiger partial charge on any atom is -0.458 e. The molecule has 20 heavy (non-hydrogen) atoms. The van der Waals surface area contributed by atoms with Gasteiger partial charge >= 0.3 is 5.97 Å². The second-order valence-corrected chi connectivity index (χ2v) is 4.62. The summed E-state index contributed by atoms with van der Waals surface area (Å²) in [5.74, 6) is -0.314. The summed E-state index contributed by atoms with van der Waals surface area (Å²) < 4.78 is 5.16. The van der Waals surface area contributed by atoms with E-state index in [0.717, 1.165) is 30.3 Å². The van der Waals surface area contributed by atoms with Gasteiger partial charge in [-0.15, -0.1) is 0 Å². The molecule has 0 fully saturated rings. The smallest absolute Gasteiger partial charge is 0.338 e. The van der Waals surface area contributed by atoms with E-state index in [9.17, 15) is 9.59 Å². The molecule has 3 nitrogen and oxygen atoms in total. The van der Waals surface area contributed by atoms with Crippen LogP contribution in [0.25, 0.3) is 0 Å². The third-order valence-electron chi connectivity index (χ3n) is 2.85. The maximum Gasteiger partial charge on any atom is 0.338 e. The summed E-state index contributed by atoms with van der Waals surface area (Å²) in [6, 6.07) is 8.92. The van der Waals surface area contributed by atoms with Crippen LogP contribution in [0, 0.1) is 0 Å². The predicted molar refractivity (Wildman–Crippen MR) is 79.5 cm³/mol. The number of carbonyl (C=O) groups is 2. The highest BCUT2D eigenvalue weighted by molar-refractivity contribution is 5.89. The van der Waals surface area contributed by atoms with Gasteiger partial charge in [0.15, 0.2) is 0 Å². The number of esters is 1. The van der Waals surface area contributed by atoms with E-state index in [-0.39, 0.29) is 12.6 Å². The van der Waals surface area contributed by atoms with Crippen LogP contribution < -0.4 is 0 Å². The number of hydrogen-bond donors (Lipinski definition) is 0. The van der Waals surface area contributed by atoms with E-state index in [1.807, 2.05) is 25.1 Å². The van der Waals surface area contributed by atoms with Crippen molar-refractivity contribution in [1.82, 2.24) is 0 Å². The van der Waals surface area contributed by atoms with Crippen molar-refractivity contribution in [3.63, 3.8) is 0 Å². The lowest BCUT2D eigenvalue weighted by Gasteiger charge is -2.03. The normalized spacial score (nSPS) is 12.1. The molecule has 0 atom stereocenters. The Morgan fingerprint density at radius 3 is 2.50 bits per heavy atom. The van der Waals surface area contributed by atoms with Gasteiger partial charge < -0.3 is 4.74 Å². The first-order valence-electron chi connectivity index (χ1n) is 6.63. The molecule has 0 spiro atoms. The fourth-order valence-corrected chi connectivity index (χ4v) is 1.59. The zero-order chi connectivity index (χ0) is 14.8. The van der Waals surface area contributed by atoms with Crippen LogP contribution in [0.2, 0.25) is 0 Å². The lowest BCUT2D eigenvalue weighted by Crippen LogP contribution is -2.04. The fourth-order valence-electron chi connectivity index (χ4n) is 1.59. The molecule has 0 aliphatic heterocycles. The quantitative estimate of drug-likeness (QED) is 0.329. The maximum absolute atomic E-state index is 11.7. The predicted octanol–water partition coefficient (Wildman–Crippen LogP) is 3.72. The first kappa shape index (κ1) is 15.9. The molecule has 1 aromatic carbocycles. The molecule has 0 aliphatic carbocycles. The first-order valence-corrected chi connectivity index (χ1v) is 6.63. The number of benzene rings is 1. The fraction of sp³-hybridized carbons (Fsp3) is 0.294. The van der Waals surface area contributed by atoms with Gasteiger partial charge in [-0.1, -0.05) is 29.8 Å². The van der Waals surface area contributed by atoms with Crippen molar-refractivity contribution in [2.75, 3.05) is 6.61 Å². The monoisotopic (exact) mass is 272 g/mol. The molecule has 1 rings (SSSR count). The Kier molecular flexibility index (Phi) is 7.04.